The van der Waals surface area contributed by atoms with Gasteiger partial charge in [0, 0.05) is 13.1 Å². The van der Waals surface area contributed by atoms with E-state index in [1.54, 1.807) is 0 Å². The molecule has 1 aromatic rings. The Balaban J connectivity index is 1.83. The molecule has 0 unspecified atom stereocenters. The van der Waals surface area contributed by atoms with Crippen LogP contribution in [-0.2, 0) is 15.1 Å². The van der Waals surface area contributed by atoms with Gasteiger partial charge in [-0.2, -0.15) is 0 Å². The van der Waals surface area contributed by atoms with Crippen LogP contribution in [0.4, 0.5) is 4.79 Å². The second-order valence-corrected chi connectivity index (χ2v) is 5.66. The number of urea groups is 1. The van der Waals surface area contributed by atoms with E-state index in [2.05, 4.69) is 10.2 Å². The highest BCUT2D eigenvalue weighted by atomic mass is 16.5. The van der Waals surface area contributed by atoms with E-state index >= 15 is 0 Å². The van der Waals surface area contributed by atoms with Crippen LogP contribution < -0.4 is 5.32 Å². The van der Waals surface area contributed by atoms with E-state index in [1.165, 1.54) is 4.90 Å². The van der Waals surface area contributed by atoms with Crippen molar-refractivity contribution in [1.82, 2.24) is 15.1 Å². The lowest BCUT2D eigenvalue weighted by Gasteiger charge is -2.30. The van der Waals surface area contributed by atoms with Gasteiger partial charge >= 0.3 is 6.03 Å². The Morgan fingerprint density at radius 2 is 1.86 bits per heavy atom. The van der Waals surface area contributed by atoms with Gasteiger partial charge in [0.1, 0.15) is 5.54 Å². The summed E-state index contributed by atoms with van der Waals surface area (Å²) < 4.78 is 5.30. The number of carbonyl (C=O) groups is 2. The number of amides is 3. The maximum absolute atomic E-state index is 12.9. The van der Waals surface area contributed by atoms with Crippen molar-refractivity contribution in [3.05, 3.63) is 35.9 Å². The predicted molar refractivity (Wildman–Crippen MR) is 81.0 cm³/mol. The monoisotopic (exact) mass is 303 g/mol. The number of morpholine rings is 1. The summed E-state index contributed by atoms with van der Waals surface area (Å²) in [6.07, 6.45) is 0.529. The molecule has 3 rings (SSSR count). The van der Waals surface area contributed by atoms with E-state index in [0.717, 1.165) is 18.7 Å². The van der Waals surface area contributed by atoms with Gasteiger partial charge in [-0.05, 0) is 12.0 Å². The number of hydrogen-bond acceptors (Lipinski definition) is 4. The Bertz CT molecular complexity index is 557. The van der Waals surface area contributed by atoms with Gasteiger partial charge in [0.15, 0.2) is 0 Å². The first-order valence-corrected chi connectivity index (χ1v) is 7.67. The van der Waals surface area contributed by atoms with Crippen molar-refractivity contribution in [2.24, 2.45) is 0 Å². The fraction of sp³-hybridized carbons (Fsp3) is 0.500. The minimum Gasteiger partial charge on any atom is -0.379 e. The van der Waals surface area contributed by atoms with Crippen molar-refractivity contribution in [2.75, 3.05) is 33.0 Å². The number of benzene rings is 1. The van der Waals surface area contributed by atoms with Crippen LogP contribution in [0.5, 0.6) is 0 Å². The molecule has 3 amide bonds. The fourth-order valence-electron chi connectivity index (χ4n) is 3.06. The number of imide groups is 1. The third kappa shape index (κ3) is 2.48. The van der Waals surface area contributed by atoms with Crippen LogP contribution in [0, 0.1) is 0 Å². The molecule has 118 valence electrons. The van der Waals surface area contributed by atoms with Gasteiger partial charge in [-0.15, -0.1) is 0 Å². The van der Waals surface area contributed by atoms with Crippen molar-refractivity contribution >= 4 is 11.9 Å². The van der Waals surface area contributed by atoms with Gasteiger partial charge in [0.2, 0.25) is 0 Å². The molecule has 0 spiro atoms. The largest absolute Gasteiger partial charge is 0.379 e. The minimum atomic E-state index is -0.940. The van der Waals surface area contributed by atoms with Crippen LogP contribution in [0.25, 0.3) is 0 Å². The first kappa shape index (κ1) is 15.0. The molecule has 1 aromatic carbocycles. The second-order valence-electron chi connectivity index (χ2n) is 5.66. The maximum atomic E-state index is 12.9. The average Bonchev–Trinajstić information content (AvgIpc) is 2.82. The molecule has 2 aliphatic rings. The summed E-state index contributed by atoms with van der Waals surface area (Å²) in [5.74, 6) is -0.169. The van der Waals surface area contributed by atoms with Crippen molar-refractivity contribution in [1.29, 1.82) is 0 Å². The number of hydrogen-bond donors (Lipinski definition) is 1. The van der Waals surface area contributed by atoms with E-state index < -0.39 is 5.54 Å². The average molecular weight is 303 g/mol. The lowest BCUT2D eigenvalue weighted by molar-refractivity contribution is -0.133. The predicted octanol–water partition coefficient (Wildman–Crippen LogP) is 1.13. The lowest BCUT2D eigenvalue weighted by atomic mass is 9.87. The summed E-state index contributed by atoms with van der Waals surface area (Å²) in [6.45, 7) is 5.00. The summed E-state index contributed by atoms with van der Waals surface area (Å²) in [4.78, 5) is 28.7. The molecular weight excluding hydrogens is 282 g/mol. The number of nitrogens with one attached hydrogen (secondary N) is 1. The molecule has 0 radical (unpaired) electrons. The highest BCUT2D eigenvalue weighted by Gasteiger charge is 2.51. The molecule has 2 aliphatic heterocycles. The van der Waals surface area contributed by atoms with E-state index in [9.17, 15) is 9.59 Å². The number of carbonyl (C=O) groups excluding carboxylic acids is 2. The van der Waals surface area contributed by atoms with Gasteiger partial charge in [-0.1, -0.05) is 37.3 Å². The van der Waals surface area contributed by atoms with Gasteiger partial charge in [0.05, 0.1) is 19.9 Å². The molecule has 2 heterocycles. The van der Waals surface area contributed by atoms with Crippen LogP contribution in [-0.4, -0.2) is 54.7 Å². The Labute approximate surface area is 130 Å². The van der Waals surface area contributed by atoms with Crippen LogP contribution in [0.1, 0.15) is 18.9 Å². The Kier molecular flexibility index (Phi) is 4.13. The molecule has 0 bridgehead atoms. The number of ether oxygens (including phenoxy) is 1. The first-order chi connectivity index (χ1) is 10.7. The quantitative estimate of drug-likeness (QED) is 0.847. The Morgan fingerprint density at radius 3 is 2.50 bits per heavy atom. The highest BCUT2D eigenvalue weighted by Crippen LogP contribution is 2.32. The van der Waals surface area contributed by atoms with Gasteiger partial charge in [-0.25, -0.2) is 9.69 Å². The fourth-order valence-corrected chi connectivity index (χ4v) is 3.06. The number of rotatable bonds is 4. The third-order valence-corrected chi connectivity index (χ3v) is 4.42. The van der Waals surface area contributed by atoms with Crippen molar-refractivity contribution in [3.8, 4) is 0 Å². The topological polar surface area (TPSA) is 61.9 Å². The van der Waals surface area contributed by atoms with Crippen molar-refractivity contribution in [3.63, 3.8) is 0 Å². The van der Waals surface area contributed by atoms with Crippen molar-refractivity contribution in [2.45, 2.75) is 18.9 Å². The lowest BCUT2D eigenvalue weighted by Crippen LogP contribution is -2.47. The standard InChI is InChI=1S/C16H21N3O3/c1-2-16(13-6-4-3-5-7-13)14(20)19(15(21)17-16)12-18-8-10-22-11-9-18/h3-7H,2,8-12H2,1H3,(H,17,21)/t16-/m0/s1. The smallest absolute Gasteiger partial charge is 0.326 e. The van der Waals surface area contributed by atoms with E-state index in [4.69, 9.17) is 4.74 Å². The van der Waals surface area contributed by atoms with Crippen LogP contribution in [0.2, 0.25) is 0 Å². The zero-order valence-electron chi connectivity index (χ0n) is 12.7. The second kappa shape index (κ2) is 6.06. The zero-order valence-corrected chi connectivity index (χ0v) is 12.7. The Morgan fingerprint density at radius 1 is 1.18 bits per heavy atom. The first-order valence-electron chi connectivity index (χ1n) is 7.67. The summed E-state index contributed by atoms with van der Waals surface area (Å²) in [5.41, 5.74) is -0.106. The molecular formula is C16H21N3O3. The summed E-state index contributed by atoms with van der Waals surface area (Å²) in [5, 5.41) is 2.90. The molecule has 2 fully saturated rings. The third-order valence-electron chi connectivity index (χ3n) is 4.42. The molecule has 6 nitrogen and oxygen atoms in total. The molecule has 2 saturated heterocycles. The molecule has 0 aromatic heterocycles. The summed E-state index contributed by atoms with van der Waals surface area (Å²) in [7, 11) is 0. The normalized spacial score (nSPS) is 26.3. The van der Waals surface area contributed by atoms with E-state index in [1.807, 2.05) is 37.3 Å². The summed E-state index contributed by atoms with van der Waals surface area (Å²) in [6, 6.07) is 9.13. The maximum Gasteiger partial charge on any atom is 0.326 e. The van der Waals surface area contributed by atoms with Gasteiger partial charge in [-0.3, -0.25) is 9.69 Å². The van der Waals surface area contributed by atoms with Crippen molar-refractivity contribution < 1.29 is 14.3 Å². The molecule has 1 N–H and O–H groups in total. The molecule has 22 heavy (non-hydrogen) atoms. The molecule has 0 saturated carbocycles. The van der Waals surface area contributed by atoms with Crippen LogP contribution >= 0.6 is 0 Å². The SMILES string of the molecule is CC[C@@]1(c2ccccc2)NC(=O)N(CN2CCOCC2)C1=O. The zero-order chi connectivity index (χ0) is 15.6. The van der Waals surface area contributed by atoms with E-state index in [0.29, 0.717) is 26.3 Å². The summed E-state index contributed by atoms with van der Waals surface area (Å²) >= 11 is 0. The van der Waals surface area contributed by atoms with Gasteiger partial charge < -0.3 is 10.1 Å². The molecule has 6 heteroatoms. The highest BCUT2D eigenvalue weighted by molar-refractivity contribution is 6.07. The van der Waals surface area contributed by atoms with E-state index in [-0.39, 0.29) is 11.9 Å². The van der Waals surface area contributed by atoms with Gasteiger partial charge in [0.25, 0.3) is 5.91 Å². The minimum absolute atomic E-state index is 0.169. The molecule has 1 atom stereocenters. The molecule has 0 aliphatic carbocycles. The van der Waals surface area contributed by atoms with Crippen LogP contribution in [0.15, 0.2) is 30.3 Å². The van der Waals surface area contributed by atoms with Crippen LogP contribution in [0.3, 0.4) is 0 Å². The number of nitrogens with zero attached hydrogens (tertiary/aromatic N) is 2. The Hall–Kier alpha value is -1.92.